The molecule has 1 aromatic carbocycles. The van der Waals surface area contributed by atoms with E-state index in [0.717, 1.165) is 19.2 Å². The van der Waals surface area contributed by atoms with Crippen LogP contribution >= 0.6 is 0 Å². The van der Waals surface area contributed by atoms with Gasteiger partial charge in [0.2, 0.25) is 9.84 Å². The summed E-state index contributed by atoms with van der Waals surface area (Å²) in [6.45, 7) is 3.09. The van der Waals surface area contributed by atoms with Crippen molar-refractivity contribution in [2.24, 2.45) is 0 Å². The summed E-state index contributed by atoms with van der Waals surface area (Å²) in [6.07, 6.45) is 2.75. The summed E-state index contributed by atoms with van der Waals surface area (Å²) in [7, 11) is -1.98. The minimum absolute atomic E-state index is 0.00129. The zero-order valence-electron chi connectivity index (χ0n) is 17.0. The molecule has 1 aliphatic rings. The fourth-order valence-corrected chi connectivity index (χ4v) is 4.75. The molecule has 2 aromatic heterocycles. The molecule has 0 aliphatic carbocycles. The van der Waals surface area contributed by atoms with Crippen LogP contribution in [0.4, 0.5) is 5.82 Å². The summed E-state index contributed by atoms with van der Waals surface area (Å²) in [5.41, 5.74) is 0.151. The monoisotopic (exact) mass is 436 g/mol. The van der Waals surface area contributed by atoms with E-state index in [2.05, 4.69) is 12.0 Å². The third-order valence-corrected chi connectivity index (χ3v) is 7.08. The highest BCUT2D eigenvalue weighted by atomic mass is 32.2. The topological polar surface area (TPSA) is 100.0 Å². The number of nitrogens with one attached hydrogen (secondary N) is 1. The highest BCUT2D eigenvalue weighted by Crippen LogP contribution is 2.24. The second-order valence-electron chi connectivity index (χ2n) is 7.46. The van der Waals surface area contributed by atoms with Crippen molar-refractivity contribution in [2.45, 2.75) is 4.90 Å². The number of likely N-dealkylation sites (N-methyl/N-ethyl adjacent to an activating group) is 1. The first-order chi connectivity index (χ1) is 14.9. The number of anilines is 1. The van der Waals surface area contributed by atoms with Crippen LogP contribution in [0.25, 0.3) is 11.7 Å². The Labute approximate surface area is 180 Å². The molecule has 9 heteroatoms. The first-order valence-corrected chi connectivity index (χ1v) is 11.4. The van der Waals surface area contributed by atoms with Gasteiger partial charge in [0.15, 0.2) is 0 Å². The van der Waals surface area contributed by atoms with Crippen molar-refractivity contribution in [3.63, 3.8) is 0 Å². The molecule has 3 aromatic rings. The number of nitriles is 1. The second kappa shape index (κ2) is 8.34. The molecule has 1 N–H and O–H groups in total. The van der Waals surface area contributed by atoms with Gasteiger partial charge in [-0.3, -0.25) is 9.20 Å². The van der Waals surface area contributed by atoms with Crippen LogP contribution in [-0.4, -0.2) is 51.0 Å². The number of hydrogen-bond acceptors (Lipinski definition) is 6. The lowest BCUT2D eigenvalue weighted by molar-refractivity contribution is -0.880. The van der Waals surface area contributed by atoms with Crippen LogP contribution in [0.15, 0.2) is 69.3 Å². The highest BCUT2D eigenvalue weighted by Gasteiger charge is 2.26. The van der Waals surface area contributed by atoms with Gasteiger partial charge >= 0.3 is 0 Å². The number of quaternary nitrogens is 1. The first-order valence-electron chi connectivity index (χ1n) is 9.91. The number of aromatic nitrogens is 2. The molecule has 0 amide bonds. The summed E-state index contributed by atoms with van der Waals surface area (Å²) in [4.78, 5) is 20.8. The van der Waals surface area contributed by atoms with Gasteiger partial charge in [-0.15, -0.1) is 0 Å². The van der Waals surface area contributed by atoms with Crippen molar-refractivity contribution in [3.8, 4) is 6.07 Å². The van der Waals surface area contributed by atoms with Crippen molar-refractivity contribution in [2.75, 3.05) is 38.1 Å². The number of sulfone groups is 1. The molecule has 1 saturated heterocycles. The molecule has 4 rings (SSSR count). The van der Waals surface area contributed by atoms with E-state index in [1.165, 1.54) is 21.4 Å². The molecule has 31 heavy (non-hydrogen) atoms. The molecule has 3 heterocycles. The summed E-state index contributed by atoms with van der Waals surface area (Å²) in [6, 6.07) is 14.7. The Morgan fingerprint density at radius 3 is 2.48 bits per heavy atom. The van der Waals surface area contributed by atoms with Crippen molar-refractivity contribution in [3.05, 3.63) is 75.6 Å². The van der Waals surface area contributed by atoms with Gasteiger partial charge in [-0.05, 0) is 30.3 Å². The van der Waals surface area contributed by atoms with E-state index in [-0.39, 0.29) is 10.5 Å². The summed E-state index contributed by atoms with van der Waals surface area (Å²) >= 11 is 0. The van der Waals surface area contributed by atoms with E-state index in [1.807, 2.05) is 4.90 Å². The lowest BCUT2D eigenvalue weighted by atomic mass is 10.2. The Bertz CT molecular complexity index is 1350. The number of allylic oxidation sites excluding steroid dienone is 1. The Morgan fingerprint density at radius 2 is 1.81 bits per heavy atom. The number of rotatable bonds is 4. The fourth-order valence-electron chi connectivity index (χ4n) is 3.59. The number of fused-ring (bicyclic) bond motifs is 1. The third-order valence-electron chi connectivity index (χ3n) is 5.39. The van der Waals surface area contributed by atoms with E-state index in [1.54, 1.807) is 48.7 Å². The van der Waals surface area contributed by atoms with Crippen LogP contribution in [0, 0.1) is 11.3 Å². The minimum atomic E-state index is -4.07. The number of nitrogens with zero attached hydrogens (tertiary/aromatic N) is 4. The smallest absolute Gasteiger partial charge is 0.267 e. The molecular formula is C22H22N5O3S+. The number of hydrogen-bond donors (Lipinski definition) is 1. The average molecular weight is 437 g/mol. The summed E-state index contributed by atoms with van der Waals surface area (Å²) < 4.78 is 27.4. The quantitative estimate of drug-likeness (QED) is 0.593. The predicted molar refractivity (Wildman–Crippen MR) is 118 cm³/mol. The predicted octanol–water partition coefficient (Wildman–Crippen LogP) is 0.368. The van der Waals surface area contributed by atoms with Crippen molar-refractivity contribution in [1.82, 2.24) is 9.38 Å². The second-order valence-corrected chi connectivity index (χ2v) is 9.38. The van der Waals surface area contributed by atoms with Gasteiger partial charge in [0.25, 0.3) is 5.56 Å². The maximum atomic E-state index is 13.3. The van der Waals surface area contributed by atoms with Crippen LogP contribution in [0.1, 0.15) is 5.56 Å². The van der Waals surface area contributed by atoms with E-state index in [9.17, 15) is 18.5 Å². The van der Waals surface area contributed by atoms with Gasteiger partial charge in [-0.2, -0.15) is 5.26 Å². The Balaban J connectivity index is 1.93. The molecule has 0 atom stereocenters. The number of piperazine rings is 1. The highest BCUT2D eigenvalue weighted by molar-refractivity contribution is 7.95. The SMILES string of the molecule is C[NH+]1CCN(c2nc3ccccn3c(=O)c2/C=C(/C#N)S(=O)(=O)c2ccccc2)CC1. The van der Waals surface area contributed by atoms with Gasteiger partial charge in [0.05, 0.1) is 43.7 Å². The Hall–Kier alpha value is -3.48. The van der Waals surface area contributed by atoms with Gasteiger partial charge in [-0.1, -0.05) is 24.3 Å². The number of benzene rings is 1. The molecule has 0 unspecified atom stereocenters. The molecule has 0 spiro atoms. The zero-order valence-corrected chi connectivity index (χ0v) is 17.8. The molecule has 0 saturated carbocycles. The third kappa shape index (κ3) is 3.95. The maximum absolute atomic E-state index is 13.3. The maximum Gasteiger partial charge on any atom is 0.267 e. The van der Waals surface area contributed by atoms with Crippen LogP contribution in [0.3, 0.4) is 0 Å². The van der Waals surface area contributed by atoms with Gasteiger partial charge < -0.3 is 9.80 Å². The van der Waals surface area contributed by atoms with Crippen LogP contribution in [0.5, 0.6) is 0 Å². The lowest BCUT2D eigenvalue weighted by Gasteiger charge is -2.31. The molecule has 1 fully saturated rings. The van der Waals surface area contributed by atoms with Gasteiger partial charge in [-0.25, -0.2) is 13.4 Å². The lowest BCUT2D eigenvalue weighted by Crippen LogP contribution is -3.12. The van der Waals surface area contributed by atoms with Crippen LogP contribution < -0.4 is 15.4 Å². The summed E-state index contributed by atoms with van der Waals surface area (Å²) in [5, 5.41) is 9.68. The molecule has 0 bridgehead atoms. The van der Waals surface area contributed by atoms with Gasteiger partial charge in [0, 0.05) is 6.20 Å². The zero-order chi connectivity index (χ0) is 22.0. The van der Waals surface area contributed by atoms with Crippen molar-refractivity contribution < 1.29 is 13.3 Å². The van der Waals surface area contributed by atoms with E-state index in [4.69, 9.17) is 0 Å². The first kappa shape index (κ1) is 20.8. The van der Waals surface area contributed by atoms with E-state index >= 15 is 0 Å². The fraction of sp³-hybridized carbons (Fsp3) is 0.227. The van der Waals surface area contributed by atoms with Crippen molar-refractivity contribution in [1.29, 1.82) is 5.26 Å². The molecule has 0 radical (unpaired) electrons. The van der Waals surface area contributed by atoms with Crippen molar-refractivity contribution >= 4 is 27.4 Å². The molecular weight excluding hydrogens is 414 g/mol. The largest absolute Gasteiger partial charge is 0.345 e. The normalized spacial score (nSPS) is 15.7. The summed E-state index contributed by atoms with van der Waals surface area (Å²) in [5.74, 6) is 0.403. The molecule has 8 nitrogen and oxygen atoms in total. The van der Waals surface area contributed by atoms with Crippen LogP contribution in [-0.2, 0) is 9.84 Å². The average Bonchev–Trinajstić information content (AvgIpc) is 2.79. The minimum Gasteiger partial charge on any atom is -0.345 e. The van der Waals surface area contributed by atoms with E-state index in [0.29, 0.717) is 24.6 Å². The molecule has 158 valence electrons. The molecule has 1 aliphatic heterocycles. The van der Waals surface area contributed by atoms with E-state index < -0.39 is 20.3 Å². The van der Waals surface area contributed by atoms with Crippen LogP contribution in [0.2, 0.25) is 0 Å². The Kier molecular flexibility index (Phi) is 5.59. The number of pyridine rings is 1. The van der Waals surface area contributed by atoms with Gasteiger partial charge in [0.1, 0.15) is 22.4 Å². The standard InChI is InChI=1S/C22H21N5O3S/c1-25-11-13-26(14-12-25)21-19(22(28)27-10-6-5-9-20(27)24-21)15-18(16-23)31(29,30)17-7-3-2-4-8-17/h2-10,15H,11-14H2,1H3/p+1/b18-15-. The Morgan fingerprint density at radius 1 is 1.13 bits per heavy atom.